The number of hydrogen-bond donors (Lipinski definition) is 2. The normalized spacial score (nSPS) is 20.6. The van der Waals surface area contributed by atoms with E-state index in [4.69, 9.17) is 4.98 Å². The van der Waals surface area contributed by atoms with Crippen molar-refractivity contribution in [2.75, 3.05) is 11.9 Å². The van der Waals surface area contributed by atoms with Crippen LogP contribution in [0.2, 0.25) is 0 Å². The summed E-state index contributed by atoms with van der Waals surface area (Å²) in [6, 6.07) is -1.07. The van der Waals surface area contributed by atoms with Crippen LogP contribution in [0.5, 0.6) is 0 Å². The van der Waals surface area contributed by atoms with Crippen LogP contribution >= 0.6 is 0 Å². The molecule has 0 radical (unpaired) electrons. The summed E-state index contributed by atoms with van der Waals surface area (Å²) in [7, 11) is 0. The zero-order valence-electron chi connectivity index (χ0n) is 17.9. The minimum Gasteiger partial charge on any atom is -0.480 e. The molecule has 0 unspecified atom stereocenters. The van der Waals surface area contributed by atoms with E-state index in [-0.39, 0.29) is 17.9 Å². The van der Waals surface area contributed by atoms with Gasteiger partial charge in [0.15, 0.2) is 17.0 Å². The van der Waals surface area contributed by atoms with Crippen LogP contribution in [0.1, 0.15) is 32.0 Å². The molecule has 11 nitrogen and oxygen atoms in total. The maximum atomic E-state index is 12.6. The Labute approximate surface area is 183 Å². The first-order chi connectivity index (χ1) is 15.5. The number of likely N-dealkylation sites (tertiary alicyclic amines) is 1. The summed E-state index contributed by atoms with van der Waals surface area (Å²) in [5.41, 5.74) is 2.03. The lowest BCUT2D eigenvalue weighted by atomic mass is 10.1. The number of hydrogen-bond acceptors (Lipinski definition) is 8. The van der Waals surface area contributed by atoms with E-state index in [1.165, 1.54) is 11.2 Å². The largest absolute Gasteiger partial charge is 0.480 e. The van der Waals surface area contributed by atoms with Gasteiger partial charge in [-0.15, -0.1) is 0 Å². The molecule has 4 heterocycles. The third-order valence-electron chi connectivity index (χ3n) is 6.02. The second-order valence-corrected chi connectivity index (χ2v) is 8.29. The molecule has 2 atom stereocenters. The molecule has 1 aliphatic carbocycles. The van der Waals surface area contributed by atoms with Crippen molar-refractivity contribution in [1.82, 2.24) is 34.4 Å². The molecule has 0 bridgehead atoms. The van der Waals surface area contributed by atoms with Crippen molar-refractivity contribution < 1.29 is 14.7 Å². The van der Waals surface area contributed by atoms with Crippen LogP contribution in [-0.2, 0) is 16.1 Å². The molecule has 5 rings (SSSR count). The molecule has 1 saturated heterocycles. The zero-order chi connectivity index (χ0) is 22.4. The third-order valence-corrected chi connectivity index (χ3v) is 6.02. The quantitative estimate of drug-likeness (QED) is 0.588. The van der Waals surface area contributed by atoms with Crippen LogP contribution in [0, 0.1) is 12.8 Å². The molecular formula is C21H24N8O3. The second-order valence-electron chi connectivity index (χ2n) is 8.29. The number of fused-ring (bicyclic) bond motifs is 1. The van der Waals surface area contributed by atoms with Crippen molar-refractivity contribution in [3.63, 3.8) is 0 Å². The summed E-state index contributed by atoms with van der Waals surface area (Å²) in [6.07, 6.45) is 6.91. The number of rotatable bonds is 6. The summed E-state index contributed by atoms with van der Waals surface area (Å²) >= 11 is 0. The van der Waals surface area contributed by atoms with E-state index >= 15 is 0 Å². The Hall–Kier alpha value is -3.63. The topological polar surface area (TPSA) is 139 Å². The highest BCUT2D eigenvalue weighted by atomic mass is 16.4. The van der Waals surface area contributed by atoms with Crippen molar-refractivity contribution in [2.45, 2.75) is 51.7 Å². The van der Waals surface area contributed by atoms with E-state index in [0.717, 1.165) is 18.4 Å². The summed E-state index contributed by atoms with van der Waals surface area (Å²) in [5, 5.41) is 13.0. The zero-order valence-corrected chi connectivity index (χ0v) is 17.9. The Morgan fingerprint density at radius 3 is 2.59 bits per heavy atom. The number of nitrogens with zero attached hydrogens (tertiary/aromatic N) is 7. The first kappa shape index (κ1) is 20.3. The number of nitrogens with one attached hydrogen (secondary N) is 1. The highest BCUT2D eigenvalue weighted by Crippen LogP contribution is 2.35. The number of carboxylic acids is 1. The second kappa shape index (κ2) is 7.81. The molecule has 166 valence electrons. The van der Waals surface area contributed by atoms with Crippen LogP contribution < -0.4 is 5.32 Å². The smallest absolute Gasteiger partial charge is 0.326 e. The molecule has 3 aromatic rings. The molecular weight excluding hydrogens is 412 g/mol. The fraction of sp³-hybridized carbons (Fsp3) is 0.476. The predicted molar refractivity (Wildman–Crippen MR) is 115 cm³/mol. The molecule has 32 heavy (non-hydrogen) atoms. The van der Waals surface area contributed by atoms with Crippen molar-refractivity contribution in [3.8, 4) is 11.4 Å². The maximum Gasteiger partial charge on any atom is 0.326 e. The van der Waals surface area contributed by atoms with Gasteiger partial charge in [-0.3, -0.25) is 4.79 Å². The van der Waals surface area contributed by atoms with Gasteiger partial charge < -0.3 is 19.9 Å². The maximum absolute atomic E-state index is 12.6. The standard InChI is InChI=1S/C21H24N8O3/c1-3-28-18(13-7-22-11(2)23-8-13)27-16-17(24-10-25-19(16)28)26-14-6-15(21(31)32)29(9-14)20(30)12-4-5-12/h7-8,10,12,14-15H,3-6,9H2,1-2H3,(H,31,32)(H,24,25,26)/t14-,15+/m0/s1. The molecule has 0 aromatic carbocycles. The van der Waals surface area contributed by atoms with Crippen LogP contribution in [0.25, 0.3) is 22.6 Å². The molecule has 1 saturated carbocycles. The number of imidazole rings is 1. The molecule has 0 spiro atoms. The summed E-state index contributed by atoms with van der Waals surface area (Å²) in [4.78, 5) is 47.9. The van der Waals surface area contributed by atoms with Crippen LogP contribution in [0.3, 0.4) is 0 Å². The lowest BCUT2D eigenvalue weighted by Crippen LogP contribution is -2.41. The molecule has 2 N–H and O–H groups in total. The number of amides is 1. The van der Waals surface area contributed by atoms with E-state index < -0.39 is 12.0 Å². The Kier molecular flexibility index (Phi) is 4.95. The molecule has 2 fully saturated rings. The first-order valence-electron chi connectivity index (χ1n) is 10.8. The van der Waals surface area contributed by atoms with Gasteiger partial charge in [-0.05, 0) is 26.7 Å². The number of aryl methyl sites for hydroxylation is 2. The van der Waals surface area contributed by atoms with Crippen molar-refractivity contribution in [1.29, 1.82) is 0 Å². The van der Waals surface area contributed by atoms with Gasteiger partial charge >= 0.3 is 5.97 Å². The predicted octanol–water partition coefficient (Wildman–Crippen LogP) is 1.49. The van der Waals surface area contributed by atoms with Crippen molar-refractivity contribution in [2.24, 2.45) is 5.92 Å². The van der Waals surface area contributed by atoms with Gasteiger partial charge in [-0.25, -0.2) is 29.7 Å². The van der Waals surface area contributed by atoms with Gasteiger partial charge in [0, 0.05) is 43.9 Å². The van der Waals surface area contributed by atoms with Gasteiger partial charge in [0.1, 0.15) is 24.0 Å². The molecule has 1 aliphatic heterocycles. The number of aliphatic carboxylic acids is 1. The Balaban J connectivity index is 1.46. The Morgan fingerprint density at radius 1 is 1.19 bits per heavy atom. The van der Waals surface area contributed by atoms with E-state index in [9.17, 15) is 14.7 Å². The number of carbonyl (C=O) groups is 2. The number of anilines is 1. The van der Waals surface area contributed by atoms with E-state index in [2.05, 4.69) is 25.3 Å². The van der Waals surface area contributed by atoms with Crippen molar-refractivity contribution >= 4 is 28.9 Å². The van der Waals surface area contributed by atoms with Gasteiger partial charge in [-0.1, -0.05) is 0 Å². The van der Waals surface area contributed by atoms with Crippen LogP contribution in [0.15, 0.2) is 18.7 Å². The molecule has 1 amide bonds. The van der Waals surface area contributed by atoms with Crippen LogP contribution in [-0.4, -0.2) is 70.0 Å². The highest BCUT2D eigenvalue weighted by Gasteiger charge is 2.44. The summed E-state index contributed by atoms with van der Waals surface area (Å²) in [6.45, 7) is 4.79. The summed E-state index contributed by atoms with van der Waals surface area (Å²) < 4.78 is 1.97. The van der Waals surface area contributed by atoms with Gasteiger partial charge in [-0.2, -0.15) is 0 Å². The number of carboxylic acid groups (broad SMARTS) is 1. The van der Waals surface area contributed by atoms with Gasteiger partial charge in [0.2, 0.25) is 5.91 Å². The summed E-state index contributed by atoms with van der Waals surface area (Å²) in [5.74, 6) is 0.813. The Morgan fingerprint density at radius 2 is 1.94 bits per heavy atom. The van der Waals surface area contributed by atoms with E-state index in [1.54, 1.807) is 12.4 Å². The average Bonchev–Trinajstić information content (AvgIpc) is 3.43. The number of aromatic nitrogens is 6. The molecule has 2 aliphatic rings. The lowest BCUT2D eigenvalue weighted by molar-refractivity contribution is -0.148. The highest BCUT2D eigenvalue weighted by molar-refractivity contribution is 5.88. The fourth-order valence-electron chi connectivity index (χ4n) is 4.25. The minimum absolute atomic E-state index is 0.0269. The number of carbonyl (C=O) groups excluding carboxylic acids is 1. The average molecular weight is 436 g/mol. The molecule has 11 heteroatoms. The Bertz CT molecular complexity index is 1190. The van der Waals surface area contributed by atoms with Crippen molar-refractivity contribution in [3.05, 3.63) is 24.5 Å². The van der Waals surface area contributed by atoms with E-state index in [0.29, 0.717) is 48.1 Å². The molecule has 3 aromatic heterocycles. The lowest BCUT2D eigenvalue weighted by Gasteiger charge is -2.21. The third kappa shape index (κ3) is 3.53. The van der Waals surface area contributed by atoms with Crippen LogP contribution in [0.4, 0.5) is 5.82 Å². The first-order valence-corrected chi connectivity index (χ1v) is 10.8. The SMILES string of the molecule is CCn1c(-c2cnc(C)nc2)nc2c(N[C@H]3C[C@H](C(=O)O)N(C(=O)C4CC4)C3)ncnc21. The van der Waals surface area contributed by atoms with E-state index in [1.807, 2.05) is 18.4 Å². The fourth-order valence-corrected chi connectivity index (χ4v) is 4.25. The minimum atomic E-state index is -0.979. The monoisotopic (exact) mass is 436 g/mol. The van der Waals surface area contributed by atoms with Gasteiger partial charge in [0.25, 0.3) is 0 Å². The van der Waals surface area contributed by atoms with Gasteiger partial charge in [0.05, 0.1) is 5.56 Å².